The molecule has 392 valence electrons. The molecule has 0 aliphatic carbocycles. The van der Waals surface area contributed by atoms with Crippen LogP contribution in [0.1, 0.15) is 45.2 Å². The van der Waals surface area contributed by atoms with Gasteiger partial charge in [-0.05, 0) is 74.4 Å². The van der Waals surface area contributed by atoms with E-state index in [1.165, 1.54) is 54.3 Å². The molecule has 7 rings (SSSR count). The molecule has 6 N–H and O–H groups in total. The molecule has 0 radical (unpaired) electrons. The van der Waals surface area contributed by atoms with Crippen LogP contribution in [0.4, 0.5) is 25.0 Å². The Kier molecular flexibility index (Phi) is 17.1. The van der Waals surface area contributed by atoms with E-state index in [1.807, 2.05) is 48.5 Å². The largest absolute Gasteiger partial charge is 0.511 e. The number of nitrogens with two attached hydrogens (primary N) is 1. The van der Waals surface area contributed by atoms with Gasteiger partial charge >= 0.3 is 31.5 Å². The van der Waals surface area contributed by atoms with Crippen molar-refractivity contribution in [1.29, 1.82) is 0 Å². The quantitative estimate of drug-likeness (QED) is 0.0187. The summed E-state index contributed by atoms with van der Waals surface area (Å²) >= 11 is 0. The predicted octanol–water partition coefficient (Wildman–Crippen LogP) is 2.38. The number of halogens is 2. The van der Waals surface area contributed by atoms with Gasteiger partial charge in [0, 0.05) is 62.0 Å². The van der Waals surface area contributed by atoms with Crippen molar-refractivity contribution in [2.24, 2.45) is 11.7 Å². The van der Waals surface area contributed by atoms with Gasteiger partial charge in [0.15, 0.2) is 0 Å². The lowest BCUT2D eigenvalue weighted by Gasteiger charge is -2.37. The summed E-state index contributed by atoms with van der Waals surface area (Å²) in [4.78, 5) is 77.1. The van der Waals surface area contributed by atoms with Crippen molar-refractivity contribution in [3.05, 3.63) is 113 Å². The average Bonchev–Trinajstić information content (AvgIpc) is 4.11. The van der Waals surface area contributed by atoms with Crippen LogP contribution in [0.3, 0.4) is 0 Å². The number of esters is 1. The van der Waals surface area contributed by atoms with E-state index < -0.39 is 86.2 Å². The number of carbonyl (C=O) groups excluding carboxylic acids is 3. The Morgan fingerprint density at radius 1 is 0.945 bits per heavy atom. The minimum atomic E-state index is -4.69. The predicted molar refractivity (Wildman–Crippen MR) is 257 cm³/mol. The first kappa shape index (κ1) is 53.4. The first-order chi connectivity index (χ1) is 34.8. The van der Waals surface area contributed by atoms with E-state index in [-0.39, 0.29) is 18.0 Å². The highest BCUT2D eigenvalue weighted by atomic mass is 31.2. The van der Waals surface area contributed by atoms with Crippen LogP contribution in [0.5, 0.6) is 5.75 Å². The summed E-state index contributed by atoms with van der Waals surface area (Å²) in [5, 5.41) is 12.5. The first-order valence-electron chi connectivity index (χ1n) is 23.2. The van der Waals surface area contributed by atoms with Crippen LogP contribution in [0.25, 0.3) is 5.69 Å². The molecule has 24 nitrogen and oxygen atoms in total. The Balaban J connectivity index is 0.845. The average molecular weight is 1040 g/mol. The molecule has 2 unspecified atom stereocenters. The van der Waals surface area contributed by atoms with E-state index in [9.17, 15) is 28.1 Å². The van der Waals surface area contributed by atoms with E-state index in [2.05, 4.69) is 30.3 Å². The second-order valence-electron chi connectivity index (χ2n) is 17.5. The van der Waals surface area contributed by atoms with Crippen LogP contribution in [0, 0.1) is 17.6 Å². The van der Waals surface area contributed by atoms with Gasteiger partial charge in [-0.25, -0.2) is 41.8 Å². The van der Waals surface area contributed by atoms with E-state index in [1.54, 1.807) is 23.6 Å². The molecular weight excluding hydrogens is 982 g/mol. The minimum absolute atomic E-state index is 0.0603. The summed E-state index contributed by atoms with van der Waals surface area (Å²) < 4.78 is 73.0. The molecular formula is C46H58F2N12O12P+. The fourth-order valence-electron chi connectivity index (χ4n) is 8.63. The number of carbonyl (C=O) groups is 3. The second-order valence-corrected chi connectivity index (χ2v) is 18.8. The number of nitrogens with zero attached hydrogens (tertiary/aromatic N) is 9. The van der Waals surface area contributed by atoms with Crippen molar-refractivity contribution in [2.75, 3.05) is 69.3 Å². The highest BCUT2D eigenvalue weighted by Crippen LogP contribution is 2.42. The van der Waals surface area contributed by atoms with Crippen molar-refractivity contribution in [2.45, 2.75) is 64.2 Å². The summed E-state index contributed by atoms with van der Waals surface area (Å²) in [6.45, 7) is 7.42. The number of benzene rings is 3. The summed E-state index contributed by atoms with van der Waals surface area (Å²) in [6, 6.07) is 18.3. The van der Waals surface area contributed by atoms with Gasteiger partial charge in [0.25, 0.3) is 5.91 Å². The highest BCUT2D eigenvalue weighted by Gasteiger charge is 2.45. The zero-order valence-electron chi connectivity index (χ0n) is 40.5. The smallest absolute Gasteiger partial charge is 0.493 e. The van der Waals surface area contributed by atoms with Crippen LogP contribution in [-0.2, 0) is 45.2 Å². The number of hydrogen-bond acceptors (Lipinski definition) is 15. The molecule has 5 aromatic rings. The minimum Gasteiger partial charge on any atom is -0.493 e. The van der Waals surface area contributed by atoms with Gasteiger partial charge in [0.05, 0.1) is 38.5 Å². The number of guanidine groups is 1. The van der Waals surface area contributed by atoms with Crippen molar-refractivity contribution >= 4 is 43.1 Å². The lowest BCUT2D eigenvalue weighted by atomic mass is 9.87. The molecule has 5 atom stereocenters. The third-order valence-electron chi connectivity index (χ3n) is 12.3. The normalized spacial score (nSPS) is 18.5. The van der Waals surface area contributed by atoms with Crippen molar-refractivity contribution < 1.29 is 65.8 Å². The van der Waals surface area contributed by atoms with Crippen LogP contribution >= 0.6 is 7.75 Å². The summed E-state index contributed by atoms with van der Waals surface area (Å²) in [7, 11) is -3.41. The van der Waals surface area contributed by atoms with E-state index in [0.29, 0.717) is 37.5 Å². The number of amides is 1. The summed E-state index contributed by atoms with van der Waals surface area (Å²) in [5.41, 5.74) is 6.84. The standard InChI is InChI=1S/C46H57F2N12O12P/c1-5-40(30(2)70-45(64)72-31(3)71-42(62)22-51-41(61)23-55(4)43(49)54-73(65,66)67)60-44(63)59(29-53-60)36-9-7-34(8-10-36)56-16-18-57(19-17-56)35-11-13-37(14-12-35)68-24-32-21-46(69-25-32,26-58-28-50-27-52-58)38-15-6-33(47)20-39(38)48/h6-15,20,27-32,40H,5,16-19,21-26H2,1-4H3,(H5,49,51,54,61,65,66,67)/p+1/t30-,31?,32?,40-,46-/m0/s1. The number of piperazine rings is 1. The number of aromatic nitrogens is 6. The summed E-state index contributed by atoms with van der Waals surface area (Å²) in [6.07, 6.45) is 1.59. The van der Waals surface area contributed by atoms with Gasteiger partial charge in [-0.2, -0.15) is 15.3 Å². The van der Waals surface area contributed by atoms with Crippen molar-refractivity contribution in [3.8, 4) is 11.4 Å². The Bertz CT molecular complexity index is 2840. The number of rotatable bonds is 20. The van der Waals surface area contributed by atoms with E-state index in [4.69, 9.17) is 39.2 Å². The number of likely N-dealkylation sites (N-methyl/N-ethyl adjacent to an activating group) is 1. The second kappa shape index (κ2) is 23.4. The SMILES string of the molecule is CC[C@@H]([C@H](C)OC(=O)OC(C)OC(=O)CNC(=O)C[N+](C)=C(N)NP(=O)(O)O)n1ncn(-c2ccc(N3CCN(c4ccc(OCC5CO[C@@](Cn6cncn6)(c6ccc(F)cc6F)C5)cc4)CC3)cc2)c1=O. The van der Waals surface area contributed by atoms with Gasteiger partial charge in [-0.1, -0.05) is 13.0 Å². The van der Waals surface area contributed by atoms with Gasteiger partial charge in [0.1, 0.15) is 61.2 Å². The maximum absolute atomic E-state index is 15.1. The molecule has 0 bridgehead atoms. The molecule has 1 amide bonds. The van der Waals surface area contributed by atoms with Crippen molar-refractivity contribution in [3.63, 3.8) is 0 Å². The fraction of sp³-hybridized carbons (Fsp3) is 0.435. The maximum atomic E-state index is 15.1. The zero-order chi connectivity index (χ0) is 52.5. The Labute approximate surface area is 417 Å². The summed E-state index contributed by atoms with van der Waals surface area (Å²) in [5.74, 6) is -2.89. The molecule has 2 aliphatic heterocycles. The number of anilines is 2. The van der Waals surface area contributed by atoms with Crippen LogP contribution < -0.4 is 36.4 Å². The first-order valence-corrected chi connectivity index (χ1v) is 24.8. The lowest BCUT2D eigenvalue weighted by molar-refractivity contribution is -0.488. The lowest BCUT2D eigenvalue weighted by Crippen LogP contribution is -2.46. The zero-order valence-corrected chi connectivity index (χ0v) is 41.3. The van der Waals surface area contributed by atoms with Gasteiger partial charge in [0.2, 0.25) is 6.29 Å². The number of nitrogens with one attached hydrogen (secondary N) is 2. The Morgan fingerprint density at radius 2 is 1.60 bits per heavy atom. The Morgan fingerprint density at radius 3 is 2.22 bits per heavy atom. The molecule has 4 heterocycles. The molecule has 2 saturated heterocycles. The van der Waals surface area contributed by atoms with Crippen molar-refractivity contribution in [1.82, 2.24) is 39.5 Å². The van der Waals surface area contributed by atoms with Gasteiger partial charge < -0.3 is 38.8 Å². The molecule has 73 heavy (non-hydrogen) atoms. The molecule has 0 saturated carbocycles. The molecule has 27 heteroatoms. The third kappa shape index (κ3) is 14.0. The fourth-order valence-corrected chi connectivity index (χ4v) is 9.10. The molecule has 3 aromatic carbocycles. The third-order valence-corrected chi connectivity index (χ3v) is 12.8. The monoisotopic (exact) mass is 1040 g/mol. The topological polar surface area (TPSA) is 285 Å². The van der Waals surface area contributed by atoms with E-state index in [0.717, 1.165) is 48.2 Å². The van der Waals surface area contributed by atoms with E-state index >= 15 is 4.39 Å². The molecule has 2 fully saturated rings. The van der Waals surface area contributed by atoms with Gasteiger partial charge in [-0.15, -0.1) is 0 Å². The van der Waals surface area contributed by atoms with Crippen LogP contribution in [0.2, 0.25) is 0 Å². The maximum Gasteiger partial charge on any atom is 0.511 e. The number of hydrogen-bond donors (Lipinski definition) is 5. The molecule has 0 spiro atoms. The van der Waals surface area contributed by atoms with Crippen LogP contribution in [0.15, 0.2) is 90.5 Å². The molecule has 2 aromatic heterocycles. The molecule has 2 aliphatic rings. The van der Waals surface area contributed by atoms with Crippen LogP contribution in [-0.4, -0.2) is 139 Å². The highest BCUT2D eigenvalue weighted by molar-refractivity contribution is 7.50. The number of ether oxygens (including phenoxy) is 5. The Hall–Kier alpha value is -7.41. The van der Waals surface area contributed by atoms with Gasteiger partial charge in [-0.3, -0.25) is 29.7 Å².